The Kier molecular flexibility index (Phi) is 4.83. The van der Waals surface area contributed by atoms with Crippen LogP contribution in [0.3, 0.4) is 0 Å². The number of nitrogens with one attached hydrogen (secondary N) is 1. The van der Waals surface area contributed by atoms with E-state index in [-0.39, 0.29) is 11.3 Å². The molecular weight excluding hydrogens is 361 g/mol. The minimum Gasteiger partial charge on any atom is -0.419 e. The van der Waals surface area contributed by atoms with E-state index in [0.717, 1.165) is 24.4 Å². The molecular formula is C15H13F3N2O6. The van der Waals surface area contributed by atoms with Crippen molar-refractivity contribution in [3.8, 4) is 5.75 Å². The zero-order valence-electron chi connectivity index (χ0n) is 13.5. The first-order chi connectivity index (χ1) is 11.9. The molecule has 1 aliphatic rings. The molecule has 0 spiro atoms. The number of rotatable bonds is 4. The highest BCUT2D eigenvalue weighted by atomic mass is 19.4. The zero-order valence-corrected chi connectivity index (χ0v) is 13.5. The number of halogens is 3. The standard InChI is InChI=1S/C15H13F3N2O6/c1-14(2)25-12(22)9(13(23)26-14)6-20-10-5-7(24-15(16,17)18)3-4-8(10)11(19)21/h3-6,20H,1-2H3,(H2,19,21). The fraction of sp³-hybridized carbons (Fsp3) is 0.267. The van der Waals surface area contributed by atoms with E-state index in [0.29, 0.717) is 0 Å². The summed E-state index contributed by atoms with van der Waals surface area (Å²) in [5.74, 6) is -5.08. The third-order valence-electron chi connectivity index (χ3n) is 2.98. The van der Waals surface area contributed by atoms with Gasteiger partial charge in [0.25, 0.3) is 11.7 Å². The molecule has 0 aromatic heterocycles. The van der Waals surface area contributed by atoms with Crippen molar-refractivity contribution in [2.24, 2.45) is 5.73 Å². The number of anilines is 1. The molecule has 1 saturated heterocycles. The first-order valence-electron chi connectivity index (χ1n) is 7.01. The van der Waals surface area contributed by atoms with Crippen LogP contribution in [-0.4, -0.2) is 30.0 Å². The number of hydrogen-bond donors (Lipinski definition) is 2. The van der Waals surface area contributed by atoms with Crippen molar-refractivity contribution < 1.29 is 41.8 Å². The van der Waals surface area contributed by atoms with E-state index < -0.39 is 41.3 Å². The number of carbonyl (C=O) groups excluding carboxylic acids is 3. The first kappa shape index (κ1) is 19.1. The van der Waals surface area contributed by atoms with Crippen LogP contribution in [0.5, 0.6) is 5.75 Å². The maximum Gasteiger partial charge on any atom is 0.573 e. The highest BCUT2D eigenvalue weighted by Crippen LogP contribution is 2.28. The molecule has 1 aliphatic heterocycles. The number of esters is 2. The molecule has 0 saturated carbocycles. The Bertz CT molecular complexity index is 779. The Labute approximate surface area is 144 Å². The van der Waals surface area contributed by atoms with Crippen LogP contribution in [0.25, 0.3) is 0 Å². The fourth-order valence-corrected chi connectivity index (χ4v) is 1.98. The molecule has 3 N–H and O–H groups in total. The zero-order chi connectivity index (χ0) is 19.7. The van der Waals surface area contributed by atoms with E-state index >= 15 is 0 Å². The van der Waals surface area contributed by atoms with Crippen LogP contribution in [0, 0.1) is 0 Å². The lowest BCUT2D eigenvalue weighted by atomic mass is 10.1. The molecule has 0 bridgehead atoms. The molecule has 0 unspecified atom stereocenters. The van der Waals surface area contributed by atoms with E-state index in [4.69, 9.17) is 15.2 Å². The molecule has 1 heterocycles. The first-order valence-corrected chi connectivity index (χ1v) is 7.01. The minimum atomic E-state index is -4.95. The summed E-state index contributed by atoms with van der Waals surface area (Å²) in [6, 6.07) is 2.70. The second kappa shape index (κ2) is 6.58. The van der Waals surface area contributed by atoms with Gasteiger partial charge in [-0.1, -0.05) is 0 Å². The molecule has 8 nitrogen and oxygen atoms in total. The van der Waals surface area contributed by atoms with Crippen molar-refractivity contribution in [1.29, 1.82) is 0 Å². The molecule has 26 heavy (non-hydrogen) atoms. The Morgan fingerprint density at radius 1 is 1.23 bits per heavy atom. The number of carbonyl (C=O) groups is 3. The van der Waals surface area contributed by atoms with Gasteiger partial charge in [-0.25, -0.2) is 9.59 Å². The third-order valence-corrected chi connectivity index (χ3v) is 2.98. The van der Waals surface area contributed by atoms with Gasteiger partial charge in [0.05, 0.1) is 11.3 Å². The Hall–Kier alpha value is -3.24. The average Bonchev–Trinajstić information content (AvgIpc) is 2.43. The molecule has 0 radical (unpaired) electrons. The largest absolute Gasteiger partial charge is 0.573 e. The summed E-state index contributed by atoms with van der Waals surface area (Å²) >= 11 is 0. The van der Waals surface area contributed by atoms with Gasteiger partial charge in [-0.15, -0.1) is 13.2 Å². The van der Waals surface area contributed by atoms with Gasteiger partial charge >= 0.3 is 18.3 Å². The lowest BCUT2D eigenvalue weighted by Gasteiger charge is -2.29. The van der Waals surface area contributed by atoms with Gasteiger partial charge in [-0.05, 0) is 12.1 Å². The number of primary amides is 1. The number of benzene rings is 1. The maximum atomic E-state index is 12.3. The van der Waals surface area contributed by atoms with Crippen LogP contribution in [0.1, 0.15) is 24.2 Å². The molecule has 140 valence electrons. The van der Waals surface area contributed by atoms with Crippen LogP contribution in [-0.2, 0) is 19.1 Å². The summed E-state index contributed by atoms with van der Waals surface area (Å²) in [7, 11) is 0. The third kappa shape index (κ3) is 4.65. The molecule has 1 aromatic carbocycles. The highest BCUT2D eigenvalue weighted by molar-refractivity contribution is 6.15. The number of alkyl halides is 3. The quantitative estimate of drug-likeness (QED) is 0.469. The van der Waals surface area contributed by atoms with E-state index in [9.17, 15) is 27.6 Å². The predicted molar refractivity (Wildman–Crippen MR) is 79.6 cm³/mol. The van der Waals surface area contributed by atoms with E-state index in [1.54, 1.807) is 0 Å². The van der Waals surface area contributed by atoms with Gasteiger partial charge in [0.1, 0.15) is 5.75 Å². The number of hydrogen-bond acceptors (Lipinski definition) is 7. The van der Waals surface area contributed by atoms with Gasteiger partial charge in [0, 0.05) is 26.1 Å². The van der Waals surface area contributed by atoms with E-state index in [1.165, 1.54) is 13.8 Å². The lowest BCUT2D eigenvalue weighted by Crippen LogP contribution is -2.42. The Morgan fingerprint density at radius 2 is 1.81 bits per heavy atom. The second-order valence-electron chi connectivity index (χ2n) is 5.50. The molecule has 0 atom stereocenters. The van der Waals surface area contributed by atoms with Gasteiger partial charge in [0.2, 0.25) is 0 Å². The number of amides is 1. The average molecular weight is 374 g/mol. The van der Waals surface area contributed by atoms with Crippen LogP contribution in [0.4, 0.5) is 18.9 Å². The van der Waals surface area contributed by atoms with Crippen LogP contribution < -0.4 is 15.8 Å². The van der Waals surface area contributed by atoms with E-state index in [2.05, 4.69) is 10.1 Å². The second-order valence-corrected chi connectivity index (χ2v) is 5.50. The number of nitrogens with two attached hydrogens (primary N) is 1. The predicted octanol–water partition coefficient (Wildman–Crippen LogP) is 1.82. The summed E-state index contributed by atoms with van der Waals surface area (Å²) in [6.07, 6.45) is -4.12. The van der Waals surface area contributed by atoms with Gasteiger partial charge < -0.3 is 25.3 Å². The Morgan fingerprint density at radius 3 is 2.31 bits per heavy atom. The molecule has 2 rings (SSSR count). The van der Waals surface area contributed by atoms with Crippen molar-refractivity contribution in [2.75, 3.05) is 5.32 Å². The van der Waals surface area contributed by atoms with Crippen molar-refractivity contribution in [2.45, 2.75) is 26.0 Å². The number of ether oxygens (including phenoxy) is 3. The van der Waals surface area contributed by atoms with Crippen molar-refractivity contribution in [3.05, 3.63) is 35.5 Å². The van der Waals surface area contributed by atoms with Crippen molar-refractivity contribution in [1.82, 2.24) is 0 Å². The summed E-state index contributed by atoms with van der Waals surface area (Å²) in [5.41, 5.74) is 4.17. The summed E-state index contributed by atoms with van der Waals surface area (Å²) in [6.45, 7) is 2.69. The van der Waals surface area contributed by atoms with Crippen LogP contribution in [0.2, 0.25) is 0 Å². The Balaban J connectivity index is 2.32. The van der Waals surface area contributed by atoms with Crippen molar-refractivity contribution >= 4 is 23.5 Å². The topological polar surface area (TPSA) is 117 Å². The summed E-state index contributed by atoms with van der Waals surface area (Å²) in [4.78, 5) is 35.0. The summed E-state index contributed by atoms with van der Waals surface area (Å²) in [5, 5.41) is 2.37. The SMILES string of the molecule is CC1(C)OC(=O)C(=CNc2cc(OC(F)(F)F)ccc2C(N)=O)C(=O)O1. The molecule has 1 aromatic rings. The normalized spacial score (nSPS) is 16.4. The van der Waals surface area contributed by atoms with Crippen LogP contribution in [0.15, 0.2) is 30.0 Å². The molecule has 11 heteroatoms. The smallest absolute Gasteiger partial charge is 0.419 e. The molecule has 1 fully saturated rings. The summed E-state index contributed by atoms with van der Waals surface area (Å²) < 4.78 is 50.4. The van der Waals surface area contributed by atoms with E-state index in [1.807, 2.05) is 0 Å². The highest BCUT2D eigenvalue weighted by Gasteiger charge is 2.39. The van der Waals surface area contributed by atoms with Crippen molar-refractivity contribution in [3.63, 3.8) is 0 Å². The van der Waals surface area contributed by atoms with Crippen LogP contribution >= 0.6 is 0 Å². The maximum absolute atomic E-state index is 12.3. The molecule has 1 amide bonds. The minimum absolute atomic E-state index is 0.200. The molecule has 0 aliphatic carbocycles. The van der Waals surface area contributed by atoms with Gasteiger partial charge in [-0.3, -0.25) is 4.79 Å². The van der Waals surface area contributed by atoms with Gasteiger partial charge in [-0.2, -0.15) is 0 Å². The number of cyclic esters (lactones) is 2. The van der Waals surface area contributed by atoms with Gasteiger partial charge in [0.15, 0.2) is 5.57 Å². The lowest BCUT2D eigenvalue weighted by molar-refractivity contribution is -0.274. The fourth-order valence-electron chi connectivity index (χ4n) is 1.98. The monoisotopic (exact) mass is 374 g/mol.